The molecular weight excluding hydrogens is 377 g/mol. The summed E-state index contributed by atoms with van der Waals surface area (Å²) in [7, 11) is 0. The van der Waals surface area contributed by atoms with Gasteiger partial charge < -0.3 is 10.1 Å². The summed E-state index contributed by atoms with van der Waals surface area (Å²) in [6.45, 7) is 1.02. The normalized spacial score (nSPS) is 10.5. The minimum absolute atomic E-state index is 0.331. The molecule has 5 heteroatoms. The van der Waals surface area contributed by atoms with Gasteiger partial charge >= 0.3 is 0 Å². The zero-order valence-electron chi connectivity index (χ0n) is 13.3. The molecule has 0 fully saturated rings. The molecule has 0 radical (unpaired) electrons. The number of nitrogens with one attached hydrogen (secondary N) is 1. The van der Waals surface area contributed by atoms with Crippen LogP contribution in [0.1, 0.15) is 11.1 Å². The second kappa shape index (κ2) is 8.48. The SMILES string of the molecule is Clc1ccc(COc2ccc(CNc3ccccc3)cc2Cl)c(Cl)c1. The Labute approximate surface area is 162 Å². The summed E-state index contributed by atoms with van der Waals surface area (Å²) in [5, 5.41) is 5.09. The molecule has 3 rings (SSSR count). The molecule has 25 heavy (non-hydrogen) atoms. The number of benzene rings is 3. The molecule has 0 spiro atoms. The maximum absolute atomic E-state index is 6.34. The Morgan fingerprint density at radius 2 is 1.60 bits per heavy atom. The van der Waals surface area contributed by atoms with Crippen LogP contribution in [0.25, 0.3) is 0 Å². The molecule has 1 N–H and O–H groups in total. The zero-order valence-corrected chi connectivity index (χ0v) is 15.6. The van der Waals surface area contributed by atoms with Crippen LogP contribution in [0.2, 0.25) is 15.1 Å². The van der Waals surface area contributed by atoms with E-state index in [-0.39, 0.29) is 0 Å². The lowest BCUT2D eigenvalue weighted by Crippen LogP contribution is -2.00. The fourth-order valence-electron chi connectivity index (χ4n) is 2.33. The summed E-state index contributed by atoms with van der Waals surface area (Å²) < 4.78 is 5.78. The van der Waals surface area contributed by atoms with Crippen molar-refractivity contribution in [2.75, 3.05) is 5.32 Å². The Morgan fingerprint density at radius 1 is 0.800 bits per heavy atom. The van der Waals surface area contributed by atoms with Crippen LogP contribution in [0.5, 0.6) is 5.75 Å². The average Bonchev–Trinajstić information content (AvgIpc) is 2.61. The highest BCUT2D eigenvalue weighted by molar-refractivity contribution is 6.35. The number of ether oxygens (including phenoxy) is 1. The lowest BCUT2D eigenvalue weighted by Gasteiger charge is -2.12. The van der Waals surface area contributed by atoms with Crippen molar-refractivity contribution in [2.24, 2.45) is 0 Å². The van der Waals surface area contributed by atoms with Gasteiger partial charge in [-0.15, -0.1) is 0 Å². The molecule has 0 bridgehead atoms. The molecule has 3 aromatic rings. The van der Waals surface area contributed by atoms with Crippen LogP contribution in [-0.4, -0.2) is 0 Å². The van der Waals surface area contributed by atoms with Gasteiger partial charge in [-0.1, -0.05) is 65.1 Å². The highest BCUT2D eigenvalue weighted by Gasteiger charge is 2.06. The van der Waals surface area contributed by atoms with Crippen LogP contribution in [-0.2, 0) is 13.2 Å². The third kappa shape index (κ3) is 5.05. The van der Waals surface area contributed by atoms with Crippen LogP contribution in [0, 0.1) is 0 Å². The molecule has 0 aliphatic rings. The molecule has 0 aliphatic heterocycles. The van der Waals surface area contributed by atoms with Crippen LogP contribution in [0.4, 0.5) is 5.69 Å². The van der Waals surface area contributed by atoms with E-state index in [1.807, 2.05) is 54.6 Å². The first-order valence-electron chi connectivity index (χ1n) is 7.76. The van der Waals surface area contributed by atoms with Gasteiger partial charge in [0, 0.05) is 27.8 Å². The van der Waals surface area contributed by atoms with Crippen molar-refractivity contribution < 1.29 is 4.74 Å². The van der Waals surface area contributed by atoms with Gasteiger partial charge in [-0.2, -0.15) is 0 Å². The third-order valence-electron chi connectivity index (χ3n) is 3.67. The zero-order chi connectivity index (χ0) is 17.6. The van der Waals surface area contributed by atoms with E-state index in [0.29, 0.717) is 34.0 Å². The molecule has 0 saturated carbocycles. The van der Waals surface area contributed by atoms with Gasteiger partial charge in [0.05, 0.1) is 5.02 Å². The maximum atomic E-state index is 6.34. The molecule has 3 aromatic carbocycles. The van der Waals surface area contributed by atoms with Gasteiger partial charge in [0.25, 0.3) is 0 Å². The van der Waals surface area contributed by atoms with Crippen LogP contribution < -0.4 is 10.1 Å². The van der Waals surface area contributed by atoms with Gasteiger partial charge in [-0.05, 0) is 42.0 Å². The molecule has 2 nitrogen and oxygen atoms in total. The lowest BCUT2D eigenvalue weighted by atomic mass is 10.2. The maximum Gasteiger partial charge on any atom is 0.138 e. The van der Waals surface area contributed by atoms with Crippen molar-refractivity contribution in [2.45, 2.75) is 13.2 Å². The Kier molecular flexibility index (Phi) is 6.09. The topological polar surface area (TPSA) is 21.3 Å². The Morgan fingerprint density at radius 3 is 2.32 bits per heavy atom. The lowest BCUT2D eigenvalue weighted by molar-refractivity contribution is 0.306. The van der Waals surface area contributed by atoms with Gasteiger partial charge in [0.1, 0.15) is 12.4 Å². The summed E-state index contributed by atoms with van der Waals surface area (Å²) in [6.07, 6.45) is 0. The Hall–Kier alpha value is -1.87. The molecule has 128 valence electrons. The number of rotatable bonds is 6. The minimum Gasteiger partial charge on any atom is -0.487 e. The predicted molar refractivity (Wildman–Crippen MR) is 106 cm³/mol. The van der Waals surface area contributed by atoms with Crippen molar-refractivity contribution >= 4 is 40.5 Å². The molecule has 0 aliphatic carbocycles. The first-order chi connectivity index (χ1) is 12.1. The second-order valence-corrected chi connectivity index (χ2v) is 6.76. The first-order valence-corrected chi connectivity index (χ1v) is 8.89. The van der Waals surface area contributed by atoms with E-state index in [9.17, 15) is 0 Å². The quantitative estimate of drug-likeness (QED) is 0.496. The smallest absolute Gasteiger partial charge is 0.138 e. The van der Waals surface area contributed by atoms with Gasteiger partial charge in [-0.3, -0.25) is 0 Å². The molecule has 0 aromatic heterocycles. The largest absolute Gasteiger partial charge is 0.487 e. The van der Waals surface area contributed by atoms with Crippen molar-refractivity contribution in [1.82, 2.24) is 0 Å². The summed E-state index contributed by atoms with van der Waals surface area (Å²) in [6, 6.07) is 21.1. The van der Waals surface area contributed by atoms with E-state index in [1.54, 1.807) is 12.1 Å². The van der Waals surface area contributed by atoms with E-state index in [1.165, 1.54) is 0 Å². The van der Waals surface area contributed by atoms with Crippen molar-refractivity contribution in [3.63, 3.8) is 0 Å². The molecule has 0 amide bonds. The summed E-state index contributed by atoms with van der Waals surface area (Å²) in [4.78, 5) is 0. The number of hydrogen-bond acceptors (Lipinski definition) is 2. The number of halogens is 3. The summed E-state index contributed by atoms with van der Waals surface area (Å²) in [5.41, 5.74) is 3.00. The van der Waals surface area contributed by atoms with Crippen molar-refractivity contribution in [1.29, 1.82) is 0 Å². The van der Waals surface area contributed by atoms with E-state index in [4.69, 9.17) is 39.5 Å². The Balaban J connectivity index is 1.61. The highest BCUT2D eigenvalue weighted by Crippen LogP contribution is 2.28. The summed E-state index contributed by atoms with van der Waals surface area (Å²) >= 11 is 18.4. The first kappa shape index (κ1) is 17.9. The van der Waals surface area contributed by atoms with Crippen LogP contribution >= 0.6 is 34.8 Å². The monoisotopic (exact) mass is 391 g/mol. The van der Waals surface area contributed by atoms with E-state index < -0.39 is 0 Å². The van der Waals surface area contributed by atoms with E-state index in [0.717, 1.165) is 16.8 Å². The van der Waals surface area contributed by atoms with Crippen LogP contribution in [0.15, 0.2) is 66.7 Å². The van der Waals surface area contributed by atoms with Gasteiger partial charge in [-0.25, -0.2) is 0 Å². The third-order valence-corrected chi connectivity index (χ3v) is 4.55. The second-order valence-electron chi connectivity index (χ2n) is 5.51. The van der Waals surface area contributed by atoms with Crippen molar-refractivity contribution in [3.05, 3.63) is 92.9 Å². The van der Waals surface area contributed by atoms with E-state index in [2.05, 4.69) is 5.32 Å². The number of anilines is 1. The highest BCUT2D eigenvalue weighted by atomic mass is 35.5. The molecular formula is C20H16Cl3NO. The number of para-hydroxylation sites is 1. The Bertz CT molecular complexity index is 853. The molecule has 0 saturated heterocycles. The number of hydrogen-bond donors (Lipinski definition) is 1. The standard InChI is InChI=1S/C20H16Cl3NO/c21-16-8-7-15(18(22)11-16)13-25-20-9-6-14(10-19(20)23)12-24-17-4-2-1-3-5-17/h1-11,24H,12-13H2. The molecule has 0 atom stereocenters. The summed E-state index contributed by atoms with van der Waals surface area (Å²) in [5.74, 6) is 0.621. The fraction of sp³-hybridized carbons (Fsp3) is 0.100. The molecule has 0 unspecified atom stereocenters. The van der Waals surface area contributed by atoms with Crippen LogP contribution in [0.3, 0.4) is 0 Å². The predicted octanol–water partition coefficient (Wildman–Crippen LogP) is 6.84. The van der Waals surface area contributed by atoms with Gasteiger partial charge in [0.2, 0.25) is 0 Å². The van der Waals surface area contributed by atoms with Gasteiger partial charge in [0.15, 0.2) is 0 Å². The average molecular weight is 393 g/mol. The van der Waals surface area contributed by atoms with E-state index >= 15 is 0 Å². The van der Waals surface area contributed by atoms with Crippen molar-refractivity contribution in [3.8, 4) is 5.75 Å². The fourth-order valence-corrected chi connectivity index (χ4v) is 3.05. The minimum atomic E-state index is 0.331. The molecule has 0 heterocycles.